The van der Waals surface area contributed by atoms with Gasteiger partial charge in [0.25, 0.3) is 5.91 Å². The lowest BCUT2D eigenvalue weighted by molar-refractivity contribution is -0.123. The van der Waals surface area contributed by atoms with Crippen LogP contribution < -0.4 is 10.6 Å². The highest BCUT2D eigenvalue weighted by atomic mass is 16.3. The van der Waals surface area contributed by atoms with Crippen molar-refractivity contribution in [3.05, 3.63) is 30.0 Å². The molecular weight excluding hydrogens is 264 g/mol. The van der Waals surface area contributed by atoms with E-state index < -0.39 is 18.0 Å². The molecule has 0 bridgehead atoms. The van der Waals surface area contributed by atoms with Crippen molar-refractivity contribution in [3.63, 3.8) is 0 Å². The fourth-order valence-corrected chi connectivity index (χ4v) is 1.50. The topological polar surface area (TPSA) is 126 Å². The number of nitrogens with one attached hydrogen (secondary N) is 3. The summed E-state index contributed by atoms with van der Waals surface area (Å²) in [6.07, 6.45) is 1.39. The van der Waals surface area contributed by atoms with Gasteiger partial charge in [0.1, 0.15) is 6.04 Å². The van der Waals surface area contributed by atoms with Gasteiger partial charge in [0.2, 0.25) is 5.91 Å². The third-order valence-electron chi connectivity index (χ3n) is 2.59. The molecule has 2 unspecified atom stereocenters. The van der Waals surface area contributed by atoms with Crippen LogP contribution in [0.15, 0.2) is 22.8 Å². The maximum absolute atomic E-state index is 11.9. The fraction of sp³-hybridized carbons (Fsp3) is 0.364. The fourth-order valence-electron chi connectivity index (χ4n) is 1.50. The van der Waals surface area contributed by atoms with E-state index in [1.54, 1.807) is 19.9 Å². The van der Waals surface area contributed by atoms with Crippen molar-refractivity contribution in [1.29, 1.82) is 0 Å². The smallest absolute Gasteiger partial charge is 0.287 e. The number of hydrogen-bond donors (Lipinski definition) is 3. The molecule has 0 aromatic carbocycles. The zero-order valence-electron chi connectivity index (χ0n) is 11.0. The SMILES string of the molecule is CC(NC(=O)c1ccco1)C(=O)NC(C)c1nn[nH]n1. The Morgan fingerprint density at radius 2 is 2.15 bits per heavy atom. The van der Waals surface area contributed by atoms with Gasteiger partial charge in [-0.05, 0) is 26.0 Å². The second kappa shape index (κ2) is 5.95. The van der Waals surface area contributed by atoms with Gasteiger partial charge in [-0.1, -0.05) is 5.21 Å². The molecule has 2 atom stereocenters. The van der Waals surface area contributed by atoms with Crippen LogP contribution in [0.4, 0.5) is 0 Å². The van der Waals surface area contributed by atoms with Gasteiger partial charge in [0, 0.05) is 0 Å². The maximum Gasteiger partial charge on any atom is 0.287 e. The Labute approximate surface area is 114 Å². The van der Waals surface area contributed by atoms with Crippen LogP contribution in [0.5, 0.6) is 0 Å². The number of hydrogen-bond acceptors (Lipinski definition) is 6. The number of aromatic amines is 1. The second-order valence-electron chi connectivity index (χ2n) is 4.17. The van der Waals surface area contributed by atoms with Gasteiger partial charge >= 0.3 is 0 Å². The lowest BCUT2D eigenvalue weighted by Crippen LogP contribution is -2.45. The third-order valence-corrected chi connectivity index (χ3v) is 2.59. The number of H-pyrrole nitrogens is 1. The summed E-state index contributed by atoms with van der Waals surface area (Å²) in [5, 5.41) is 18.4. The molecule has 2 aromatic rings. The zero-order valence-corrected chi connectivity index (χ0v) is 11.0. The second-order valence-corrected chi connectivity index (χ2v) is 4.17. The van der Waals surface area contributed by atoms with Gasteiger partial charge in [-0.3, -0.25) is 9.59 Å². The van der Waals surface area contributed by atoms with Crippen LogP contribution in [0.25, 0.3) is 0 Å². The molecule has 0 aliphatic carbocycles. The predicted octanol–water partition coefficient (Wildman–Crippen LogP) is -0.212. The number of aromatic nitrogens is 4. The van der Waals surface area contributed by atoms with Crippen molar-refractivity contribution in [1.82, 2.24) is 31.3 Å². The molecule has 106 valence electrons. The first kappa shape index (κ1) is 13.7. The zero-order chi connectivity index (χ0) is 14.5. The van der Waals surface area contributed by atoms with Gasteiger partial charge in [-0.15, -0.1) is 10.2 Å². The number of carbonyl (C=O) groups is 2. The monoisotopic (exact) mass is 278 g/mol. The van der Waals surface area contributed by atoms with Crippen molar-refractivity contribution in [2.24, 2.45) is 0 Å². The van der Waals surface area contributed by atoms with E-state index in [1.807, 2.05) is 0 Å². The molecule has 0 spiro atoms. The Morgan fingerprint density at radius 3 is 2.75 bits per heavy atom. The molecule has 2 heterocycles. The van der Waals surface area contributed by atoms with Crippen LogP contribution in [-0.4, -0.2) is 38.5 Å². The Kier molecular flexibility index (Phi) is 4.08. The average molecular weight is 278 g/mol. The molecule has 0 fully saturated rings. The van der Waals surface area contributed by atoms with E-state index in [9.17, 15) is 9.59 Å². The van der Waals surface area contributed by atoms with Crippen LogP contribution in [0.3, 0.4) is 0 Å². The van der Waals surface area contributed by atoms with Crippen LogP contribution in [-0.2, 0) is 4.79 Å². The van der Waals surface area contributed by atoms with Crippen LogP contribution >= 0.6 is 0 Å². The standard InChI is InChI=1S/C11H14N6O3/c1-6(9-14-16-17-15-9)12-10(18)7(2)13-11(19)8-4-3-5-20-8/h3-7H,1-2H3,(H,12,18)(H,13,19)(H,14,15,16,17). The molecule has 0 saturated heterocycles. The molecule has 0 aliphatic heterocycles. The lowest BCUT2D eigenvalue weighted by Gasteiger charge is -2.15. The number of nitrogens with zero attached hydrogens (tertiary/aromatic N) is 3. The molecule has 0 saturated carbocycles. The lowest BCUT2D eigenvalue weighted by atomic mass is 10.2. The number of tetrazole rings is 1. The minimum atomic E-state index is -0.720. The first-order valence-corrected chi connectivity index (χ1v) is 5.96. The predicted molar refractivity (Wildman–Crippen MR) is 66.4 cm³/mol. The molecule has 9 nitrogen and oxygen atoms in total. The van der Waals surface area contributed by atoms with Crippen molar-refractivity contribution < 1.29 is 14.0 Å². The van der Waals surface area contributed by atoms with Crippen LogP contribution in [0.1, 0.15) is 36.3 Å². The Bertz CT molecular complexity index is 565. The summed E-state index contributed by atoms with van der Waals surface area (Å²) in [7, 11) is 0. The molecule has 3 N–H and O–H groups in total. The van der Waals surface area contributed by atoms with Crippen LogP contribution in [0, 0.1) is 0 Å². The molecular formula is C11H14N6O3. The summed E-state index contributed by atoms with van der Waals surface area (Å²) in [6.45, 7) is 3.28. The molecule has 9 heteroatoms. The van der Waals surface area contributed by atoms with Gasteiger partial charge in [0.15, 0.2) is 11.6 Å². The molecule has 0 aliphatic rings. The minimum Gasteiger partial charge on any atom is -0.459 e. The van der Waals surface area contributed by atoms with Crippen molar-refractivity contribution >= 4 is 11.8 Å². The van der Waals surface area contributed by atoms with Crippen molar-refractivity contribution in [3.8, 4) is 0 Å². The van der Waals surface area contributed by atoms with E-state index in [2.05, 4.69) is 31.3 Å². The summed E-state index contributed by atoms with van der Waals surface area (Å²) < 4.78 is 4.94. The first-order chi connectivity index (χ1) is 9.58. The summed E-state index contributed by atoms with van der Waals surface area (Å²) in [6, 6.07) is 1.98. The Balaban J connectivity index is 1.87. The highest BCUT2D eigenvalue weighted by Crippen LogP contribution is 2.04. The molecule has 2 rings (SSSR count). The van der Waals surface area contributed by atoms with E-state index in [4.69, 9.17) is 4.42 Å². The summed E-state index contributed by atoms with van der Waals surface area (Å²) in [5.74, 6) is -0.300. The highest BCUT2D eigenvalue weighted by Gasteiger charge is 2.21. The average Bonchev–Trinajstić information content (AvgIpc) is 3.11. The molecule has 0 radical (unpaired) electrons. The van der Waals surface area contributed by atoms with E-state index in [-0.39, 0.29) is 11.7 Å². The summed E-state index contributed by atoms with van der Waals surface area (Å²) >= 11 is 0. The van der Waals surface area contributed by atoms with Crippen molar-refractivity contribution in [2.45, 2.75) is 25.9 Å². The van der Waals surface area contributed by atoms with E-state index in [1.165, 1.54) is 12.3 Å². The quantitative estimate of drug-likeness (QED) is 0.694. The number of furan rings is 1. The maximum atomic E-state index is 11.9. The number of amides is 2. The minimum absolute atomic E-state index is 0.149. The normalized spacial score (nSPS) is 13.5. The summed E-state index contributed by atoms with van der Waals surface area (Å²) in [5.41, 5.74) is 0. The molecule has 2 aromatic heterocycles. The molecule has 20 heavy (non-hydrogen) atoms. The van der Waals surface area contributed by atoms with Crippen LogP contribution in [0.2, 0.25) is 0 Å². The molecule has 2 amide bonds. The largest absolute Gasteiger partial charge is 0.459 e. The van der Waals surface area contributed by atoms with Crippen molar-refractivity contribution in [2.75, 3.05) is 0 Å². The van der Waals surface area contributed by atoms with Gasteiger partial charge < -0.3 is 15.1 Å². The van der Waals surface area contributed by atoms with Gasteiger partial charge in [-0.2, -0.15) is 5.21 Å². The summed E-state index contributed by atoms with van der Waals surface area (Å²) in [4.78, 5) is 23.6. The number of carbonyl (C=O) groups excluding carboxylic acids is 2. The van der Waals surface area contributed by atoms with Gasteiger partial charge in [-0.25, -0.2) is 0 Å². The van der Waals surface area contributed by atoms with E-state index in [0.717, 1.165) is 0 Å². The Morgan fingerprint density at radius 1 is 1.35 bits per heavy atom. The highest BCUT2D eigenvalue weighted by molar-refractivity contribution is 5.95. The van der Waals surface area contributed by atoms with E-state index >= 15 is 0 Å². The Hall–Kier alpha value is -2.71. The van der Waals surface area contributed by atoms with Gasteiger partial charge in [0.05, 0.1) is 12.3 Å². The third kappa shape index (κ3) is 3.19. The first-order valence-electron chi connectivity index (χ1n) is 5.96. The van der Waals surface area contributed by atoms with E-state index in [0.29, 0.717) is 5.82 Å². The number of rotatable bonds is 5.